The first-order chi connectivity index (χ1) is 17.8. The molecule has 3 N–H and O–H groups in total. The molecule has 0 unspecified atom stereocenters. The van der Waals surface area contributed by atoms with Gasteiger partial charge >= 0.3 is 0 Å². The average Bonchev–Trinajstić information content (AvgIpc) is 3.61. The lowest BCUT2D eigenvalue weighted by molar-refractivity contribution is -0.117. The van der Waals surface area contributed by atoms with E-state index in [1.807, 2.05) is 51.2 Å². The van der Waals surface area contributed by atoms with Gasteiger partial charge in [0.05, 0.1) is 33.8 Å². The Hall–Kier alpha value is -4.37. The van der Waals surface area contributed by atoms with Gasteiger partial charge in [0.2, 0.25) is 5.91 Å². The zero-order valence-electron chi connectivity index (χ0n) is 20.7. The SMILES string of the molecule is CC(C)(C)CC(=O)Nc1cncc(-c2cnc3n[nH]c(-c4cc5c(-c6cccs6)nccc5[nH]4)c3c2)c1. The van der Waals surface area contributed by atoms with Gasteiger partial charge in [-0.3, -0.25) is 19.9 Å². The summed E-state index contributed by atoms with van der Waals surface area (Å²) in [5.41, 5.74) is 6.63. The minimum atomic E-state index is -0.0923. The minimum Gasteiger partial charge on any atom is -0.353 e. The first kappa shape index (κ1) is 23.1. The molecular formula is C28H25N7OS. The van der Waals surface area contributed by atoms with E-state index in [4.69, 9.17) is 0 Å². The van der Waals surface area contributed by atoms with Gasteiger partial charge in [0.1, 0.15) is 0 Å². The molecule has 6 heterocycles. The Bertz CT molecular complexity index is 1740. The van der Waals surface area contributed by atoms with E-state index >= 15 is 0 Å². The van der Waals surface area contributed by atoms with E-state index in [2.05, 4.69) is 53.0 Å². The number of aromatic nitrogens is 6. The third-order valence-corrected chi connectivity index (χ3v) is 6.90. The Morgan fingerprint density at radius 2 is 1.89 bits per heavy atom. The highest BCUT2D eigenvalue weighted by Crippen LogP contribution is 2.35. The molecule has 0 saturated heterocycles. The lowest BCUT2D eigenvalue weighted by Crippen LogP contribution is -2.19. The van der Waals surface area contributed by atoms with Crippen LogP contribution in [0.5, 0.6) is 0 Å². The van der Waals surface area contributed by atoms with Crippen molar-refractivity contribution in [2.75, 3.05) is 5.32 Å². The second-order valence-corrected chi connectivity index (χ2v) is 11.2. The van der Waals surface area contributed by atoms with Crippen LogP contribution in [0.15, 0.2) is 66.6 Å². The number of carbonyl (C=O) groups is 1. The van der Waals surface area contributed by atoms with Crippen LogP contribution in [0, 0.1) is 5.41 Å². The number of pyridine rings is 3. The molecule has 0 saturated carbocycles. The molecule has 6 rings (SSSR count). The first-order valence-corrected chi connectivity index (χ1v) is 12.8. The topological polar surface area (TPSA) is 112 Å². The average molecular weight is 508 g/mol. The van der Waals surface area contributed by atoms with Gasteiger partial charge in [-0.2, -0.15) is 5.10 Å². The fourth-order valence-electron chi connectivity index (χ4n) is 4.41. The highest BCUT2D eigenvalue weighted by molar-refractivity contribution is 7.13. The maximum Gasteiger partial charge on any atom is 0.224 e. The quantitative estimate of drug-likeness (QED) is 0.241. The summed E-state index contributed by atoms with van der Waals surface area (Å²) in [7, 11) is 0. The number of nitrogens with one attached hydrogen (secondary N) is 3. The maximum atomic E-state index is 12.4. The zero-order chi connectivity index (χ0) is 25.6. The molecule has 6 aromatic rings. The van der Waals surface area contributed by atoms with Gasteiger partial charge in [-0.25, -0.2) is 4.98 Å². The molecule has 0 fully saturated rings. The van der Waals surface area contributed by atoms with E-state index in [1.165, 1.54) is 0 Å². The number of nitrogens with zero attached hydrogens (tertiary/aromatic N) is 4. The summed E-state index contributed by atoms with van der Waals surface area (Å²) in [4.78, 5) is 30.6. The fraction of sp³-hybridized carbons (Fsp3) is 0.179. The standard InChI is InChI=1S/C28H25N7OS/c1-28(2,3)12-24(36)32-18-9-16(13-29-15-18)17-10-20-25(34-35-27(20)31-14-17)22-11-19-21(33-22)6-7-30-26(19)23-5-4-8-37-23/h4-11,13-15,33H,12H2,1-3H3,(H,32,36)(H,31,34,35). The zero-order valence-corrected chi connectivity index (χ0v) is 21.5. The van der Waals surface area contributed by atoms with Gasteiger partial charge in [0.25, 0.3) is 0 Å². The Morgan fingerprint density at radius 1 is 1.03 bits per heavy atom. The van der Waals surface area contributed by atoms with Crippen LogP contribution >= 0.6 is 11.3 Å². The number of carbonyl (C=O) groups excluding carboxylic acids is 1. The number of anilines is 1. The Kier molecular flexibility index (Phi) is 5.57. The lowest BCUT2D eigenvalue weighted by Gasteiger charge is -2.17. The Morgan fingerprint density at radius 3 is 2.70 bits per heavy atom. The molecule has 0 bridgehead atoms. The lowest BCUT2D eigenvalue weighted by atomic mass is 9.92. The van der Waals surface area contributed by atoms with Crippen molar-refractivity contribution in [3.05, 3.63) is 66.6 Å². The van der Waals surface area contributed by atoms with Crippen molar-refractivity contribution in [1.82, 2.24) is 30.1 Å². The van der Waals surface area contributed by atoms with Crippen LogP contribution in [0.4, 0.5) is 5.69 Å². The molecule has 6 aromatic heterocycles. The molecule has 1 amide bonds. The van der Waals surface area contributed by atoms with Crippen molar-refractivity contribution < 1.29 is 4.79 Å². The molecular weight excluding hydrogens is 482 g/mol. The monoisotopic (exact) mass is 507 g/mol. The summed E-state index contributed by atoms with van der Waals surface area (Å²) in [5.74, 6) is -0.0348. The smallest absolute Gasteiger partial charge is 0.224 e. The van der Waals surface area contributed by atoms with Crippen molar-refractivity contribution in [3.63, 3.8) is 0 Å². The molecule has 9 heteroatoms. The summed E-state index contributed by atoms with van der Waals surface area (Å²) in [5, 5.41) is 14.5. The van der Waals surface area contributed by atoms with Crippen LogP contribution in [-0.2, 0) is 4.79 Å². The number of rotatable bonds is 5. The fourth-order valence-corrected chi connectivity index (χ4v) is 5.15. The largest absolute Gasteiger partial charge is 0.353 e. The molecule has 0 atom stereocenters. The molecule has 8 nitrogen and oxygen atoms in total. The molecule has 37 heavy (non-hydrogen) atoms. The second-order valence-electron chi connectivity index (χ2n) is 10.2. The van der Waals surface area contributed by atoms with E-state index in [9.17, 15) is 4.79 Å². The van der Waals surface area contributed by atoms with Crippen LogP contribution < -0.4 is 5.32 Å². The van der Waals surface area contributed by atoms with Crippen LogP contribution in [-0.4, -0.2) is 36.0 Å². The highest BCUT2D eigenvalue weighted by Gasteiger charge is 2.17. The first-order valence-electron chi connectivity index (χ1n) is 12.0. The van der Waals surface area contributed by atoms with Gasteiger partial charge < -0.3 is 10.3 Å². The number of hydrogen-bond donors (Lipinski definition) is 3. The highest BCUT2D eigenvalue weighted by atomic mass is 32.1. The predicted octanol–water partition coefficient (Wildman–Crippen LogP) is 6.67. The van der Waals surface area contributed by atoms with Crippen LogP contribution in [0.1, 0.15) is 27.2 Å². The van der Waals surface area contributed by atoms with E-state index < -0.39 is 0 Å². The van der Waals surface area contributed by atoms with Crippen LogP contribution in [0.2, 0.25) is 0 Å². The van der Waals surface area contributed by atoms with Gasteiger partial charge in [0, 0.05) is 52.4 Å². The molecule has 0 aromatic carbocycles. The van der Waals surface area contributed by atoms with Crippen LogP contribution in [0.25, 0.3) is 55.0 Å². The summed E-state index contributed by atoms with van der Waals surface area (Å²) >= 11 is 1.67. The van der Waals surface area contributed by atoms with Crippen molar-refractivity contribution in [1.29, 1.82) is 0 Å². The molecule has 0 spiro atoms. The van der Waals surface area contributed by atoms with Crippen molar-refractivity contribution in [2.45, 2.75) is 27.2 Å². The third kappa shape index (κ3) is 4.61. The minimum absolute atomic E-state index is 0.0348. The predicted molar refractivity (Wildman–Crippen MR) is 148 cm³/mol. The van der Waals surface area contributed by atoms with Gasteiger partial charge in [-0.15, -0.1) is 11.3 Å². The number of hydrogen-bond acceptors (Lipinski definition) is 6. The molecule has 0 aliphatic rings. The summed E-state index contributed by atoms with van der Waals surface area (Å²) in [6.45, 7) is 6.12. The molecule has 0 aliphatic heterocycles. The normalized spacial score (nSPS) is 11.9. The number of thiophene rings is 1. The number of aromatic amines is 2. The van der Waals surface area contributed by atoms with Crippen molar-refractivity contribution >= 4 is 44.9 Å². The van der Waals surface area contributed by atoms with Gasteiger partial charge in [0.15, 0.2) is 5.65 Å². The number of H-pyrrole nitrogens is 2. The Labute approximate surface area is 217 Å². The van der Waals surface area contributed by atoms with E-state index in [0.717, 1.165) is 49.4 Å². The van der Waals surface area contributed by atoms with E-state index in [-0.39, 0.29) is 11.3 Å². The van der Waals surface area contributed by atoms with Gasteiger partial charge in [-0.1, -0.05) is 26.8 Å². The van der Waals surface area contributed by atoms with Gasteiger partial charge in [-0.05, 0) is 41.1 Å². The summed E-state index contributed by atoms with van der Waals surface area (Å²) in [6.07, 6.45) is 7.45. The maximum absolute atomic E-state index is 12.4. The summed E-state index contributed by atoms with van der Waals surface area (Å²) in [6, 6.07) is 12.1. The molecule has 0 aliphatic carbocycles. The van der Waals surface area contributed by atoms with E-state index in [0.29, 0.717) is 17.8 Å². The third-order valence-electron chi connectivity index (χ3n) is 6.03. The second kappa shape index (κ2) is 8.94. The van der Waals surface area contributed by atoms with Crippen molar-refractivity contribution in [3.8, 4) is 33.1 Å². The molecule has 184 valence electrons. The number of fused-ring (bicyclic) bond motifs is 2. The molecule has 0 radical (unpaired) electrons. The van der Waals surface area contributed by atoms with Crippen molar-refractivity contribution in [2.24, 2.45) is 5.41 Å². The Balaban J connectivity index is 1.36. The summed E-state index contributed by atoms with van der Waals surface area (Å²) < 4.78 is 0. The van der Waals surface area contributed by atoms with Crippen LogP contribution in [0.3, 0.4) is 0 Å². The van der Waals surface area contributed by atoms with E-state index in [1.54, 1.807) is 29.9 Å². The number of amides is 1.